The summed E-state index contributed by atoms with van der Waals surface area (Å²) in [5, 5.41) is 10.1. The molecule has 3 heterocycles. The molecular formula is C18H20N4O. The van der Waals surface area contributed by atoms with Crippen molar-refractivity contribution in [3.63, 3.8) is 0 Å². The van der Waals surface area contributed by atoms with Crippen molar-refractivity contribution in [2.75, 3.05) is 13.6 Å². The van der Waals surface area contributed by atoms with Crippen LogP contribution in [0.4, 0.5) is 0 Å². The van der Waals surface area contributed by atoms with Crippen LogP contribution in [0, 0.1) is 0 Å². The maximum atomic E-state index is 10.1. The number of benzene rings is 1. The molecule has 1 N–H and O–H groups in total. The molecule has 1 aromatic carbocycles. The number of hydrogen-bond acceptors (Lipinski definition) is 4. The van der Waals surface area contributed by atoms with Crippen LogP contribution in [0.15, 0.2) is 42.6 Å². The molecule has 1 aliphatic heterocycles. The standard InChI is InChI=1S/C18H20N4O/c1-21-11-5-9-17(21)22-16(12-13-6-2-3-8-15(13)23)20-14-7-4-10-19-18(14)22/h2-4,6-8,10,17,23H,5,9,11-12H2,1H3. The van der Waals surface area contributed by atoms with Crippen molar-refractivity contribution < 1.29 is 5.11 Å². The SMILES string of the molecule is CN1CCCC1n1c(Cc2ccccc2O)nc2cccnc21. The second-order valence-electron chi connectivity index (χ2n) is 6.15. The summed E-state index contributed by atoms with van der Waals surface area (Å²) < 4.78 is 2.24. The van der Waals surface area contributed by atoms with Crippen LogP contribution in [-0.2, 0) is 6.42 Å². The molecule has 118 valence electrons. The highest BCUT2D eigenvalue weighted by Gasteiger charge is 2.27. The predicted molar refractivity (Wildman–Crippen MR) is 89.3 cm³/mol. The molecule has 0 radical (unpaired) electrons. The lowest BCUT2D eigenvalue weighted by Crippen LogP contribution is -2.25. The monoisotopic (exact) mass is 308 g/mol. The van der Waals surface area contributed by atoms with E-state index >= 15 is 0 Å². The van der Waals surface area contributed by atoms with Crippen LogP contribution in [0.2, 0.25) is 0 Å². The molecule has 0 amide bonds. The molecule has 1 unspecified atom stereocenters. The van der Waals surface area contributed by atoms with Gasteiger partial charge in [-0.15, -0.1) is 0 Å². The van der Waals surface area contributed by atoms with Crippen LogP contribution >= 0.6 is 0 Å². The van der Waals surface area contributed by atoms with E-state index in [9.17, 15) is 5.11 Å². The zero-order valence-corrected chi connectivity index (χ0v) is 13.2. The van der Waals surface area contributed by atoms with Crippen molar-refractivity contribution in [2.24, 2.45) is 0 Å². The van der Waals surface area contributed by atoms with E-state index in [0.29, 0.717) is 12.2 Å². The Hall–Kier alpha value is -2.40. The number of nitrogens with zero attached hydrogens (tertiary/aromatic N) is 4. The summed E-state index contributed by atoms with van der Waals surface area (Å²) >= 11 is 0. The summed E-state index contributed by atoms with van der Waals surface area (Å²) in [6.45, 7) is 1.09. The molecule has 0 saturated carbocycles. The Bertz CT molecular complexity index is 842. The minimum absolute atomic E-state index is 0.288. The van der Waals surface area contributed by atoms with Crippen molar-refractivity contribution in [1.82, 2.24) is 19.4 Å². The second kappa shape index (κ2) is 5.66. The van der Waals surface area contributed by atoms with E-state index in [4.69, 9.17) is 4.98 Å². The van der Waals surface area contributed by atoms with Crippen LogP contribution in [0.1, 0.15) is 30.4 Å². The molecule has 5 heteroatoms. The molecule has 3 aromatic rings. The van der Waals surface area contributed by atoms with Gasteiger partial charge in [0.15, 0.2) is 5.65 Å². The van der Waals surface area contributed by atoms with Crippen LogP contribution in [0.25, 0.3) is 11.2 Å². The van der Waals surface area contributed by atoms with Gasteiger partial charge in [-0.05, 0) is 44.6 Å². The minimum Gasteiger partial charge on any atom is -0.508 e. The Morgan fingerprint density at radius 1 is 1.22 bits per heavy atom. The van der Waals surface area contributed by atoms with E-state index in [-0.39, 0.29) is 6.17 Å². The molecule has 1 saturated heterocycles. The first-order chi connectivity index (χ1) is 11.2. The number of aromatic nitrogens is 3. The maximum absolute atomic E-state index is 10.1. The normalized spacial score (nSPS) is 18.7. The molecule has 23 heavy (non-hydrogen) atoms. The predicted octanol–water partition coefficient (Wildman–Crippen LogP) is 2.95. The van der Waals surface area contributed by atoms with Gasteiger partial charge in [0.1, 0.15) is 17.1 Å². The number of imidazole rings is 1. The summed E-state index contributed by atoms with van der Waals surface area (Å²) in [5.74, 6) is 1.28. The van der Waals surface area contributed by atoms with Gasteiger partial charge in [0.2, 0.25) is 0 Å². The zero-order valence-electron chi connectivity index (χ0n) is 13.2. The Labute approximate surface area is 135 Å². The van der Waals surface area contributed by atoms with E-state index in [1.54, 1.807) is 6.07 Å². The lowest BCUT2D eigenvalue weighted by molar-refractivity contribution is 0.238. The summed E-state index contributed by atoms with van der Waals surface area (Å²) in [4.78, 5) is 11.7. The van der Waals surface area contributed by atoms with Crippen LogP contribution in [-0.4, -0.2) is 38.1 Å². The van der Waals surface area contributed by atoms with Gasteiger partial charge in [-0.3, -0.25) is 9.47 Å². The highest BCUT2D eigenvalue weighted by Crippen LogP contribution is 2.31. The van der Waals surface area contributed by atoms with Gasteiger partial charge in [-0.25, -0.2) is 9.97 Å². The third-order valence-corrected chi connectivity index (χ3v) is 4.64. The van der Waals surface area contributed by atoms with Crippen LogP contribution in [0.5, 0.6) is 5.75 Å². The number of fused-ring (bicyclic) bond motifs is 1. The molecule has 2 aromatic heterocycles. The van der Waals surface area contributed by atoms with Crippen molar-refractivity contribution in [3.05, 3.63) is 54.0 Å². The molecule has 5 nitrogen and oxygen atoms in total. The number of phenolic OH excluding ortho intramolecular Hbond substituents is 1. The van der Waals surface area contributed by atoms with Gasteiger partial charge in [-0.2, -0.15) is 0 Å². The quantitative estimate of drug-likeness (QED) is 0.808. The fourth-order valence-corrected chi connectivity index (χ4v) is 3.46. The first-order valence-corrected chi connectivity index (χ1v) is 8.03. The number of hydrogen-bond donors (Lipinski definition) is 1. The Balaban J connectivity index is 1.84. The number of rotatable bonds is 3. The minimum atomic E-state index is 0.288. The van der Waals surface area contributed by atoms with Gasteiger partial charge >= 0.3 is 0 Å². The number of pyridine rings is 1. The van der Waals surface area contributed by atoms with Gasteiger partial charge in [0.25, 0.3) is 0 Å². The summed E-state index contributed by atoms with van der Waals surface area (Å²) in [5.41, 5.74) is 2.74. The molecule has 1 fully saturated rings. The Kier molecular flexibility index (Phi) is 3.50. The molecule has 1 atom stereocenters. The lowest BCUT2D eigenvalue weighted by Gasteiger charge is -2.23. The van der Waals surface area contributed by atoms with Crippen LogP contribution in [0.3, 0.4) is 0 Å². The van der Waals surface area contributed by atoms with Crippen molar-refractivity contribution in [2.45, 2.75) is 25.4 Å². The molecule has 4 rings (SSSR count). The topological polar surface area (TPSA) is 54.2 Å². The smallest absolute Gasteiger partial charge is 0.161 e. The maximum Gasteiger partial charge on any atom is 0.161 e. The van der Waals surface area contributed by atoms with Crippen LogP contribution < -0.4 is 0 Å². The van der Waals surface area contributed by atoms with E-state index in [2.05, 4.69) is 21.5 Å². The molecule has 0 aliphatic carbocycles. The Morgan fingerprint density at radius 3 is 2.87 bits per heavy atom. The van der Waals surface area contributed by atoms with Crippen molar-refractivity contribution >= 4 is 11.2 Å². The molecule has 1 aliphatic rings. The van der Waals surface area contributed by atoms with E-state index in [1.807, 2.05) is 36.5 Å². The highest BCUT2D eigenvalue weighted by molar-refractivity contribution is 5.71. The van der Waals surface area contributed by atoms with Crippen molar-refractivity contribution in [3.8, 4) is 5.75 Å². The first-order valence-electron chi connectivity index (χ1n) is 8.03. The highest BCUT2D eigenvalue weighted by atomic mass is 16.3. The molecule has 0 bridgehead atoms. The third kappa shape index (κ3) is 2.47. The zero-order chi connectivity index (χ0) is 15.8. The van der Waals surface area contributed by atoms with Gasteiger partial charge in [-0.1, -0.05) is 18.2 Å². The van der Waals surface area contributed by atoms with Gasteiger partial charge in [0.05, 0.1) is 6.17 Å². The average Bonchev–Trinajstić information content (AvgIpc) is 3.12. The van der Waals surface area contributed by atoms with Gasteiger partial charge in [0, 0.05) is 18.2 Å². The average molecular weight is 308 g/mol. The second-order valence-corrected chi connectivity index (χ2v) is 6.15. The van der Waals surface area contributed by atoms with Gasteiger partial charge < -0.3 is 5.11 Å². The summed E-state index contributed by atoms with van der Waals surface area (Å²) in [6, 6.07) is 11.4. The molecule has 0 spiro atoms. The number of para-hydroxylation sites is 1. The number of aromatic hydroxyl groups is 1. The lowest BCUT2D eigenvalue weighted by atomic mass is 10.1. The fourth-order valence-electron chi connectivity index (χ4n) is 3.46. The number of likely N-dealkylation sites (tertiary alicyclic amines) is 1. The van der Waals surface area contributed by atoms with E-state index in [0.717, 1.165) is 35.5 Å². The fraction of sp³-hybridized carbons (Fsp3) is 0.333. The summed E-state index contributed by atoms with van der Waals surface area (Å²) in [6.07, 6.45) is 5.00. The third-order valence-electron chi connectivity index (χ3n) is 4.64. The first kappa shape index (κ1) is 14.2. The molecular weight excluding hydrogens is 288 g/mol. The largest absolute Gasteiger partial charge is 0.508 e. The van der Waals surface area contributed by atoms with Crippen molar-refractivity contribution in [1.29, 1.82) is 0 Å². The van der Waals surface area contributed by atoms with E-state index in [1.165, 1.54) is 6.42 Å². The summed E-state index contributed by atoms with van der Waals surface area (Å²) in [7, 11) is 2.15. The van der Waals surface area contributed by atoms with E-state index < -0.39 is 0 Å². The Morgan fingerprint density at radius 2 is 2.09 bits per heavy atom. The number of phenols is 1.